The monoisotopic (exact) mass is 444 g/mol. The molecule has 1 aliphatic rings. The highest BCUT2D eigenvalue weighted by Gasteiger charge is 2.21. The van der Waals surface area contributed by atoms with Crippen molar-refractivity contribution in [2.75, 3.05) is 19.7 Å². The van der Waals surface area contributed by atoms with Crippen LogP contribution in [0.15, 0.2) is 53.0 Å². The molecule has 1 heterocycles. The Morgan fingerprint density at radius 2 is 1.89 bits per heavy atom. The Hall–Kier alpha value is -2.34. The maximum atomic E-state index is 12.7. The lowest BCUT2D eigenvalue weighted by molar-refractivity contribution is -0.132. The third-order valence-corrected chi connectivity index (χ3v) is 5.40. The smallest absolute Gasteiger partial charge is 0.260 e. The average molecular weight is 445 g/mol. The van der Waals surface area contributed by atoms with Crippen molar-refractivity contribution in [3.63, 3.8) is 0 Å². The lowest BCUT2D eigenvalue weighted by atomic mass is 10.0. The zero-order valence-electron chi connectivity index (χ0n) is 16.0. The van der Waals surface area contributed by atoms with Crippen LogP contribution in [-0.4, -0.2) is 36.4 Å². The molecule has 148 valence electrons. The highest BCUT2D eigenvalue weighted by atomic mass is 79.9. The first-order chi connectivity index (χ1) is 13.6. The maximum Gasteiger partial charge on any atom is 0.260 e. The standard InChI is InChI=1S/C22H25BrN2O3/c1-2-19(24-22(27)16-8-7-9-17(23)14-16)18-10-3-4-11-20(18)28-15-21(26)25-12-5-6-13-25/h3-4,7-11,14,19H,2,5-6,12-13,15H2,1H3,(H,24,27). The average Bonchev–Trinajstić information content (AvgIpc) is 3.25. The molecule has 0 saturated carbocycles. The summed E-state index contributed by atoms with van der Waals surface area (Å²) < 4.78 is 6.71. The van der Waals surface area contributed by atoms with Crippen molar-refractivity contribution in [1.82, 2.24) is 10.2 Å². The SMILES string of the molecule is CCC(NC(=O)c1cccc(Br)c1)c1ccccc1OCC(=O)N1CCCC1. The molecule has 28 heavy (non-hydrogen) atoms. The number of halogens is 1. The molecule has 1 fully saturated rings. The molecular weight excluding hydrogens is 420 g/mol. The van der Waals surface area contributed by atoms with Gasteiger partial charge < -0.3 is 15.0 Å². The predicted molar refractivity (Wildman–Crippen MR) is 112 cm³/mol. The van der Waals surface area contributed by atoms with E-state index >= 15 is 0 Å². The van der Waals surface area contributed by atoms with Crippen molar-refractivity contribution in [1.29, 1.82) is 0 Å². The van der Waals surface area contributed by atoms with Crippen molar-refractivity contribution in [3.05, 3.63) is 64.1 Å². The van der Waals surface area contributed by atoms with Gasteiger partial charge in [-0.25, -0.2) is 0 Å². The number of para-hydroxylation sites is 1. The number of nitrogens with one attached hydrogen (secondary N) is 1. The van der Waals surface area contributed by atoms with Gasteiger partial charge in [0.25, 0.3) is 11.8 Å². The number of benzene rings is 2. The van der Waals surface area contributed by atoms with Crippen LogP contribution < -0.4 is 10.1 Å². The van der Waals surface area contributed by atoms with Crippen LogP contribution in [0.2, 0.25) is 0 Å². The van der Waals surface area contributed by atoms with Gasteiger partial charge in [-0.2, -0.15) is 0 Å². The van der Waals surface area contributed by atoms with Crippen molar-refractivity contribution in [2.24, 2.45) is 0 Å². The molecular formula is C22H25BrN2O3. The quantitative estimate of drug-likeness (QED) is 0.690. The number of amides is 2. The molecule has 1 saturated heterocycles. The topological polar surface area (TPSA) is 58.6 Å². The van der Waals surface area contributed by atoms with Gasteiger partial charge in [0, 0.05) is 28.7 Å². The Balaban J connectivity index is 1.70. The maximum absolute atomic E-state index is 12.7. The summed E-state index contributed by atoms with van der Waals surface area (Å²) >= 11 is 3.40. The van der Waals surface area contributed by atoms with Crippen LogP contribution in [-0.2, 0) is 4.79 Å². The molecule has 1 aliphatic heterocycles. The van der Waals surface area contributed by atoms with E-state index in [0.29, 0.717) is 17.7 Å². The Bertz CT molecular complexity index is 834. The molecule has 5 nitrogen and oxygen atoms in total. The minimum atomic E-state index is -0.204. The summed E-state index contributed by atoms with van der Waals surface area (Å²) in [5.74, 6) is 0.506. The van der Waals surface area contributed by atoms with Gasteiger partial charge in [-0.15, -0.1) is 0 Å². The van der Waals surface area contributed by atoms with E-state index in [9.17, 15) is 9.59 Å². The van der Waals surface area contributed by atoms with E-state index in [1.54, 1.807) is 12.1 Å². The van der Waals surface area contributed by atoms with Gasteiger partial charge >= 0.3 is 0 Å². The fraction of sp³-hybridized carbons (Fsp3) is 0.364. The molecule has 0 aliphatic carbocycles. The molecule has 0 spiro atoms. The minimum absolute atomic E-state index is 0.0125. The van der Waals surface area contributed by atoms with Gasteiger partial charge in [-0.05, 0) is 43.5 Å². The zero-order valence-corrected chi connectivity index (χ0v) is 17.6. The van der Waals surface area contributed by atoms with Gasteiger partial charge in [0.2, 0.25) is 0 Å². The molecule has 1 N–H and O–H groups in total. The van der Waals surface area contributed by atoms with Crippen LogP contribution in [0.4, 0.5) is 0 Å². The van der Waals surface area contributed by atoms with Gasteiger partial charge in [0.15, 0.2) is 6.61 Å². The lowest BCUT2D eigenvalue weighted by Gasteiger charge is -2.22. The van der Waals surface area contributed by atoms with E-state index in [1.165, 1.54) is 0 Å². The summed E-state index contributed by atoms with van der Waals surface area (Å²) in [6.45, 7) is 3.65. The molecule has 0 radical (unpaired) electrons. The predicted octanol–water partition coefficient (Wildman–Crippen LogP) is 4.33. The molecule has 6 heteroatoms. The summed E-state index contributed by atoms with van der Waals surface area (Å²) in [7, 11) is 0. The number of nitrogens with zero attached hydrogens (tertiary/aromatic N) is 1. The van der Waals surface area contributed by atoms with E-state index in [4.69, 9.17) is 4.74 Å². The fourth-order valence-electron chi connectivity index (χ4n) is 3.37. The third kappa shape index (κ3) is 5.13. The number of carbonyl (C=O) groups excluding carboxylic acids is 2. The Kier molecular flexibility index (Phi) is 7.09. The first-order valence-corrected chi connectivity index (χ1v) is 10.4. The number of hydrogen-bond donors (Lipinski definition) is 1. The summed E-state index contributed by atoms with van der Waals surface area (Å²) in [5, 5.41) is 3.07. The molecule has 1 atom stereocenters. The van der Waals surface area contributed by atoms with Gasteiger partial charge in [-0.3, -0.25) is 9.59 Å². The van der Waals surface area contributed by atoms with Crippen LogP contribution in [0, 0.1) is 0 Å². The van der Waals surface area contributed by atoms with Gasteiger partial charge in [0.1, 0.15) is 5.75 Å². The van der Waals surface area contributed by atoms with Crippen LogP contribution in [0.25, 0.3) is 0 Å². The first kappa shape index (κ1) is 20.4. The van der Waals surface area contributed by atoms with Crippen molar-refractivity contribution >= 4 is 27.7 Å². The van der Waals surface area contributed by atoms with Crippen LogP contribution in [0.3, 0.4) is 0 Å². The van der Waals surface area contributed by atoms with Crippen LogP contribution >= 0.6 is 15.9 Å². The number of hydrogen-bond acceptors (Lipinski definition) is 3. The molecule has 0 aromatic heterocycles. The van der Waals surface area contributed by atoms with Gasteiger partial charge in [-0.1, -0.05) is 47.1 Å². The molecule has 0 bridgehead atoms. The number of rotatable bonds is 7. The molecule has 2 amide bonds. The van der Waals surface area contributed by atoms with Gasteiger partial charge in [0.05, 0.1) is 6.04 Å². The Labute approximate surface area is 174 Å². The second-order valence-electron chi connectivity index (χ2n) is 6.86. The molecule has 2 aromatic carbocycles. The summed E-state index contributed by atoms with van der Waals surface area (Å²) in [5.41, 5.74) is 1.47. The zero-order chi connectivity index (χ0) is 19.9. The largest absolute Gasteiger partial charge is 0.483 e. The highest BCUT2D eigenvalue weighted by Crippen LogP contribution is 2.28. The van der Waals surface area contributed by atoms with Crippen molar-refractivity contribution < 1.29 is 14.3 Å². The molecule has 2 aromatic rings. The second-order valence-corrected chi connectivity index (χ2v) is 7.77. The van der Waals surface area contributed by atoms with E-state index in [2.05, 4.69) is 21.2 Å². The minimum Gasteiger partial charge on any atom is -0.483 e. The van der Waals surface area contributed by atoms with E-state index in [1.807, 2.05) is 48.2 Å². The number of likely N-dealkylation sites (tertiary alicyclic amines) is 1. The number of carbonyl (C=O) groups is 2. The fourth-order valence-corrected chi connectivity index (χ4v) is 3.77. The second kappa shape index (κ2) is 9.73. The summed E-state index contributed by atoms with van der Waals surface area (Å²) in [6, 6.07) is 14.7. The molecule has 1 unspecified atom stereocenters. The van der Waals surface area contributed by atoms with Crippen LogP contribution in [0.5, 0.6) is 5.75 Å². The number of ether oxygens (including phenoxy) is 1. The van der Waals surface area contributed by atoms with E-state index in [0.717, 1.165) is 36.0 Å². The lowest BCUT2D eigenvalue weighted by Crippen LogP contribution is -2.32. The Morgan fingerprint density at radius 1 is 1.14 bits per heavy atom. The van der Waals surface area contributed by atoms with Crippen molar-refractivity contribution in [2.45, 2.75) is 32.2 Å². The third-order valence-electron chi connectivity index (χ3n) is 4.90. The first-order valence-electron chi connectivity index (χ1n) is 9.64. The Morgan fingerprint density at radius 3 is 2.61 bits per heavy atom. The summed E-state index contributed by atoms with van der Waals surface area (Å²) in [6.07, 6.45) is 2.82. The normalized spacial score (nSPS) is 14.6. The molecule has 3 rings (SSSR count). The van der Waals surface area contributed by atoms with E-state index in [-0.39, 0.29) is 24.5 Å². The summed E-state index contributed by atoms with van der Waals surface area (Å²) in [4.78, 5) is 26.8. The van der Waals surface area contributed by atoms with Crippen molar-refractivity contribution in [3.8, 4) is 5.75 Å². The highest BCUT2D eigenvalue weighted by molar-refractivity contribution is 9.10. The van der Waals surface area contributed by atoms with Crippen LogP contribution in [0.1, 0.15) is 48.1 Å². The van der Waals surface area contributed by atoms with E-state index < -0.39 is 0 Å².